The Labute approximate surface area is 298 Å². The molecule has 52 heavy (non-hydrogen) atoms. The predicted molar refractivity (Wildman–Crippen MR) is 182 cm³/mol. The van der Waals surface area contributed by atoms with Crippen molar-refractivity contribution in [1.82, 2.24) is 25.3 Å². The van der Waals surface area contributed by atoms with Crippen LogP contribution >= 0.6 is 7.75 Å². The summed E-state index contributed by atoms with van der Waals surface area (Å²) in [5.74, 6) is -2.81. The summed E-state index contributed by atoms with van der Waals surface area (Å²) in [5, 5.41) is 7.14. The number of halogens is 3. The number of alkyl halides is 3. The number of rotatable bonds is 22. The largest absolute Gasteiger partial charge is 0.471 e. The fourth-order valence-electron chi connectivity index (χ4n) is 5.01. The maximum absolute atomic E-state index is 13.6. The molecule has 1 aromatic carbocycles. The number of nitrogens with zero attached hydrogens (tertiary/aromatic N) is 1. The number of hydrogen-bond acceptors (Lipinski definition) is 10. The van der Waals surface area contributed by atoms with Gasteiger partial charge in [0, 0.05) is 24.8 Å². The number of hydrogen-bond donors (Lipinski definition) is 4. The first-order chi connectivity index (χ1) is 24.7. The molecule has 0 aliphatic carbocycles. The van der Waals surface area contributed by atoms with Crippen LogP contribution in [0.15, 0.2) is 58.3 Å². The average molecular weight is 760 g/mol. The number of methoxy groups -OCH3 is 1. The van der Waals surface area contributed by atoms with Crippen molar-refractivity contribution in [1.29, 1.82) is 0 Å². The van der Waals surface area contributed by atoms with Crippen molar-refractivity contribution in [3.8, 4) is 5.75 Å². The summed E-state index contributed by atoms with van der Waals surface area (Å²) in [7, 11) is -2.96. The number of unbranched alkanes of at least 4 members (excludes halogenated alkanes) is 7. The van der Waals surface area contributed by atoms with E-state index in [1.165, 1.54) is 26.3 Å². The average Bonchev–Trinajstić information content (AvgIpc) is 3.57. The highest BCUT2D eigenvalue weighted by Gasteiger charge is 2.38. The van der Waals surface area contributed by atoms with Crippen molar-refractivity contribution in [2.75, 3.05) is 26.8 Å². The summed E-state index contributed by atoms with van der Waals surface area (Å²) in [4.78, 5) is 62.6. The fraction of sp³-hybridized carbons (Fsp3) is 0.545. The summed E-state index contributed by atoms with van der Waals surface area (Å²) >= 11 is 0. The summed E-state index contributed by atoms with van der Waals surface area (Å²) < 4.78 is 72.9. The third-order valence-electron chi connectivity index (χ3n) is 7.72. The van der Waals surface area contributed by atoms with Crippen LogP contribution in [-0.2, 0) is 39.4 Å². The van der Waals surface area contributed by atoms with Crippen LogP contribution in [0.3, 0.4) is 0 Å². The highest BCUT2D eigenvalue weighted by molar-refractivity contribution is 7.52. The van der Waals surface area contributed by atoms with Gasteiger partial charge in [-0.3, -0.25) is 33.3 Å². The lowest BCUT2D eigenvalue weighted by Gasteiger charge is -2.24. The molecular formula is C33H45F3N5O10P. The lowest BCUT2D eigenvalue weighted by atomic mass is 10.1. The molecule has 0 spiro atoms. The highest BCUT2D eigenvalue weighted by atomic mass is 31.2. The Morgan fingerprint density at radius 3 is 2.19 bits per heavy atom. The Bertz CT molecular complexity index is 1670. The molecule has 2 aromatic rings. The van der Waals surface area contributed by atoms with E-state index in [4.69, 9.17) is 13.8 Å². The van der Waals surface area contributed by atoms with Crippen LogP contribution < -0.4 is 31.5 Å². The topological polar surface area (TPSA) is 196 Å². The van der Waals surface area contributed by atoms with Crippen molar-refractivity contribution in [3.05, 3.63) is 75.1 Å². The smallest absolute Gasteiger partial charge is 0.468 e. The number of para-hydroxylation sites is 1. The number of carbonyl (C=O) groups is 3. The number of H-pyrrole nitrogens is 1. The minimum absolute atomic E-state index is 0.0112. The molecule has 288 valence electrons. The van der Waals surface area contributed by atoms with Crippen LogP contribution in [0.1, 0.15) is 70.1 Å². The van der Waals surface area contributed by atoms with Gasteiger partial charge >= 0.3 is 31.5 Å². The number of esters is 1. The van der Waals surface area contributed by atoms with E-state index in [2.05, 4.69) is 20.1 Å². The molecule has 0 bridgehead atoms. The van der Waals surface area contributed by atoms with Crippen LogP contribution in [0.25, 0.3) is 0 Å². The normalized spacial score (nSPS) is 17.2. The molecule has 3 rings (SSSR count). The summed E-state index contributed by atoms with van der Waals surface area (Å²) in [6.07, 6.45) is 3.72. The minimum atomic E-state index is -4.86. The van der Waals surface area contributed by atoms with E-state index in [1.807, 2.05) is 5.32 Å². The monoisotopic (exact) mass is 759 g/mol. The number of carbonyl (C=O) groups excluding carboxylic acids is 3. The fourth-order valence-corrected chi connectivity index (χ4v) is 6.51. The van der Waals surface area contributed by atoms with Gasteiger partial charge in [0.1, 0.15) is 17.9 Å². The van der Waals surface area contributed by atoms with Gasteiger partial charge in [0.15, 0.2) is 6.23 Å². The quantitative estimate of drug-likeness (QED) is 0.0590. The number of aromatic amines is 1. The maximum Gasteiger partial charge on any atom is 0.471 e. The van der Waals surface area contributed by atoms with E-state index in [0.29, 0.717) is 25.8 Å². The highest BCUT2D eigenvalue weighted by Crippen LogP contribution is 2.45. The second-order valence-electron chi connectivity index (χ2n) is 12.0. The van der Waals surface area contributed by atoms with Crippen LogP contribution in [0.5, 0.6) is 5.75 Å². The Morgan fingerprint density at radius 1 is 0.962 bits per heavy atom. The van der Waals surface area contributed by atoms with Gasteiger partial charge in [0.05, 0.1) is 20.1 Å². The molecule has 0 fully saturated rings. The van der Waals surface area contributed by atoms with E-state index >= 15 is 0 Å². The number of ether oxygens (including phenoxy) is 2. The lowest BCUT2D eigenvalue weighted by Crippen LogP contribution is -2.37. The third kappa shape index (κ3) is 14.4. The molecule has 2 heterocycles. The zero-order valence-corrected chi connectivity index (χ0v) is 29.8. The molecule has 19 heteroatoms. The Balaban J connectivity index is 1.41. The van der Waals surface area contributed by atoms with Gasteiger partial charge in [-0.05, 0) is 38.0 Å². The van der Waals surface area contributed by atoms with E-state index in [1.54, 1.807) is 36.4 Å². The summed E-state index contributed by atoms with van der Waals surface area (Å²) in [6.45, 7) is 1.50. The van der Waals surface area contributed by atoms with Crippen LogP contribution in [0.2, 0.25) is 0 Å². The molecule has 1 unspecified atom stereocenters. The first-order valence-electron chi connectivity index (χ1n) is 16.9. The predicted octanol–water partition coefficient (Wildman–Crippen LogP) is 3.80. The standard InChI is InChI=1S/C33H45F3N5O10P/c1-23(30(44)48-2)40-52(47,51-25-14-10-9-11-15-25)49-22-26-16-17-28(50-26)41-21-24(29(43)39-32(41)46)20-27(42)37-18-12-7-5-3-4-6-8-13-19-38-31(45)33(34,35)36/h9-11,14-17,21,23,26,28H,3-8,12-13,18-20,22H2,1-2H3,(H,37,42)(H,38,45)(H,40,47)(H,39,43,46)/t23-,26-,28+,52?/m0/s1. The second kappa shape index (κ2) is 20.7. The van der Waals surface area contributed by atoms with E-state index in [-0.39, 0.29) is 30.9 Å². The Morgan fingerprint density at radius 2 is 1.58 bits per heavy atom. The molecule has 0 saturated carbocycles. The zero-order valence-electron chi connectivity index (χ0n) is 28.9. The van der Waals surface area contributed by atoms with Gasteiger partial charge in [0.25, 0.3) is 5.56 Å². The second-order valence-corrected chi connectivity index (χ2v) is 13.6. The van der Waals surface area contributed by atoms with E-state index in [0.717, 1.165) is 36.7 Å². The first kappa shape index (κ1) is 42.2. The minimum Gasteiger partial charge on any atom is -0.468 e. The van der Waals surface area contributed by atoms with E-state index in [9.17, 15) is 41.7 Å². The Hall–Kier alpha value is -4.25. The molecule has 1 aliphatic heterocycles. The lowest BCUT2D eigenvalue weighted by molar-refractivity contribution is -0.173. The van der Waals surface area contributed by atoms with Crippen LogP contribution in [-0.4, -0.2) is 72.5 Å². The van der Waals surface area contributed by atoms with Gasteiger partial charge in [-0.2, -0.15) is 18.3 Å². The van der Waals surface area contributed by atoms with Crippen molar-refractivity contribution in [3.63, 3.8) is 0 Å². The van der Waals surface area contributed by atoms with Gasteiger partial charge in [-0.25, -0.2) is 9.36 Å². The Kier molecular flexibility index (Phi) is 16.8. The number of benzene rings is 1. The van der Waals surface area contributed by atoms with Gasteiger partial charge in [0.2, 0.25) is 5.91 Å². The number of amides is 2. The number of aromatic nitrogens is 2. The van der Waals surface area contributed by atoms with E-state index < -0.39 is 61.3 Å². The molecule has 4 atom stereocenters. The summed E-state index contributed by atoms with van der Waals surface area (Å²) in [5.41, 5.74) is -1.45. The van der Waals surface area contributed by atoms with Crippen molar-refractivity contribution >= 4 is 25.5 Å². The molecule has 0 radical (unpaired) electrons. The molecule has 1 aromatic heterocycles. The molecule has 1 aliphatic rings. The van der Waals surface area contributed by atoms with Crippen LogP contribution in [0.4, 0.5) is 13.2 Å². The van der Waals surface area contributed by atoms with Crippen LogP contribution in [0, 0.1) is 0 Å². The molecule has 4 N–H and O–H groups in total. The van der Waals surface area contributed by atoms with Crippen molar-refractivity contribution in [2.24, 2.45) is 0 Å². The SMILES string of the molecule is COC(=O)[C@H](C)NP(=O)(OC[C@@H]1C=C[C@H](n2cc(CC(=O)NCCCCCCCCCCNC(=O)C(F)(F)F)c(=O)[nH]c2=O)O1)Oc1ccccc1. The molecular weight excluding hydrogens is 714 g/mol. The zero-order chi connectivity index (χ0) is 38.1. The van der Waals surface area contributed by atoms with Gasteiger partial charge in [-0.15, -0.1) is 0 Å². The maximum atomic E-state index is 13.6. The van der Waals surface area contributed by atoms with Crippen molar-refractivity contribution in [2.45, 2.75) is 89.3 Å². The summed E-state index contributed by atoms with van der Waals surface area (Å²) in [6, 6.07) is 7.14. The first-order valence-corrected chi connectivity index (χ1v) is 18.4. The molecule has 2 amide bonds. The molecule has 15 nitrogen and oxygen atoms in total. The van der Waals surface area contributed by atoms with Gasteiger partial charge in [-0.1, -0.05) is 62.8 Å². The third-order valence-corrected chi connectivity index (χ3v) is 9.37. The number of nitrogens with one attached hydrogen (secondary N) is 4. The molecule has 0 saturated heterocycles. The van der Waals surface area contributed by atoms with Crippen molar-refractivity contribution < 1.29 is 50.6 Å². The van der Waals surface area contributed by atoms with Gasteiger partial charge < -0.3 is 24.6 Å².